The van der Waals surface area contributed by atoms with Crippen molar-refractivity contribution in [2.45, 2.75) is 50.6 Å². The number of rotatable bonds is 3. The SMILES string of the molecule is CN(C)[C@@H]1C[C@H]2C[C@@H](C1)[C@@H]2Nc1ncnc2sc3c(c12)CCC3. The van der Waals surface area contributed by atoms with Crippen molar-refractivity contribution in [2.24, 2.45) is 11.8 Å². The van der Waals surface area contributed by atoms with Crippen molar-refractivity contribution < 1.29 is 0 Å². The molecule has 6 rings (SSSR count). The largest absolute Gasteiger partial charge is 0.366 e. The van der Waals surface area contributed by atoms with Crippen molar-refractivity contribution in [1.82, 2.24) is 14.9 Å². The number of anilines is 1. The molecule has 0 unspecified atom stereocenters. The molecule has 2 bridgehead atoms. The number of thiophene rings is 1. The number of fused-ring (bicyclic) bond motifs is 5. The first-order valence-corrected chi connectivity index (χ1v) is 9.70. The summed E-state index contributed by atoms with van der Waals surface area (Å²) in [5.41, 5.74) is 1.53. The molecule has 0 spiro atoms. The van der Waals surface area contributed by atoms with Crippen molar-refractivity contribution >= 4 is 27.4 Å². The first-order chi connectivity index (χ1) is 11.2. The van der Waals surface area contributed by atoms with E-state index in [0.29, 0.717) is 6.04 Å². The molecule has 4 aliphatic rings. The summed E-state index contributed by atoms with van der Waals surface area (Å²) in [5.74, 6) is 2.74. The van der Waals surface area contributed by atoms with Crippen LogP contribution in [0.4, 0.5) is 5.82 Å². The molecule has 0 aromatic carbocycles. The second-order valence-corrected chi connectivity index (χ2v) is 8.86. The van der Waals surface area contributed by atoms with Crippen LogP contribution in [0.25, 0.3) is 10.2 Å². The second-order valence-electron chi connectivity index (χ2n) is 7.77. The maximum atomic E-state index is 4.63. The molecule has 122 valence electrons. The molecule has 1 N–H and O–H groups in total. The van der Waals surface area contributed by atoms with Gasteiger partial charge in [-0.1, -0.05) is 0 Å². The Balaban J connectivity index is 1.43. The Hall–Kier alpha value is -1.20. The topological polar surface area (TPSA) is 41.0 Å². The Morgan fingerprint density at radius 2 is 1.96 bits per heavy atom. The van der Waals surface area contributed by atoms with E-state index in [9.17, 15) is 0 Å². The highest BCUT2D eigenvalue weighted by atomic mass is 32.1. The standard InChI is InChI=1S/C18H24N4S/c1-22(2)12-7-10-6-11(8-12)16(10)21-17-15-13-4-3-5-14(13)23-18(15)20-9-19-17/h9-12,16H,3-8H2,1-2H3,(H,19,20,21)/t10-,11+,12-,16-. The van der Waals surface area contributed by atoms with Gasteiger partial charge in [0.1, 0.15) is 17.0 Å². The van der Waals surface area contributed by atoms with Gasteiger partial charge in [-0.2, -0.15) is 0 Å². The highest BCUT2D eigenvalue weighted by Crippen LogP contribution is 2.49. The van der Waals surface area contributed by atoms with Gasteiger partial charge in [-0.15, -0.1) is 11.3 Å². The van der Waals surface area contributed by atoms with Crippen molar-refractivity contribution in [3.63, 3.8) is 0 Å². The van der Waals surface area contributed by atoms with E-state index in [-0.39, 0.29) is 0 Å². The monoisotopic (exact) mass is 328 g/mol. The summed E-state index contributed by atoms with van der Waals surface area (Å²) < 4.78 is 0. The van der Waals surface area contributed by atoms with Gasteiger partial charge in [-0.25, -0.2) is 9.97 Å². The van der Waals surface area contributed by atoms with Crippen molar-refractivity contribution in [2.75, 3.05) is 19.4 Å². The molecule has 2 aromatic rings. The summed E-state index contributed by atoms with van der Waals surface area (Å²) in [6, 6.07) is 1.40. The van der Waals surface area contributed by atoms with Gasteiger partial charge in [0.25, 0.3) is 0 Å². The van der Waals surface area contributed by atoms with E-state index >= 15 is 0 Å². The minimum Gasteiger partial charge on any atom is -0.366 e. The predicted molar refractivity (Wildman–Crippen MR) is 95.2 cm³/mol. The van der Waals surface area contributed by atoms with Crippen molar-refractivity contribution in [1.29, 1.82) is 0 Å². The van der Waals surface area contributed by atoms with Gasteiger partial charge in [-0.05, 0) is 70.0 Å². The zero-order chi connectivity index (χ0) is 15.6. The van der Waals surface area contributed by atoms with Crippen LogP contribution in [0.15, 0.2) is 6.33 Å². The van der Waals surface area contributed by atoms with Gasteiger partial charge in [0, 0.05) is 17.0 Å². The van der Waals surface area contributed by atoms with Crippen LogP contribution in [0.2, 0.25) is 0 Å². The van der Waals surface area contributed by atoms with Crippen LogP contribution >= 0.6 is 11.3 Å². The summed E-state index contributed by atoms with van der Waals surface area (Å²) >= 11 is 1.88. The van der Waals surface area contributed by atoms with Crippen molar-refractivity contribution in [3.8, 4) is 0 Å². The smallest absolute Gasteiger partial charge is 0.138 e. The molecule has 23 heavy (non-hydrogen) atoms. The van der Waals surface area contributed by atoms with Crippen LogP contribution in [-0.4, -0.2) is 41.0 Å². The lowest BCUT2D eigenvalue weighted by molar-refractivity contribution is 0.0285. The molecule has 3 fully saturated rings. The first-order valence-electron chi connectivity index (χ1n) is 8.89. The van der Waals surface area contributed by atoms with Gasteiger partial charge >= 0.3 is 0 Å². The lowest BCUT2D eigenvalue weighted by Crippen LogP contribution is -2.56. The molecule has 3 saturated carbocycles. The highest BCUT2D eigenvalue weighted by molar-refractivity contribution is 7.19. The summed E-state index contributed by atoms with van der Waals surface area (Å²) in [5, 5.41) is 5.17. The summed E-state index contributed by atoms with van der Waals surface area (Å²) in [6.45, 7) is 0. The van der Waals surface area contributed by atoms with E-state index in [1.165, 1.54) is 54.3 Å². The van der Waals surface area contributed by atoms with Crippen LogP contribution in [0.5, 0.6) is 0 Å². The number of aryl methyl sites for hydroxylation is 2. The predicted octanol–water partition coefficient (Wildman–Crippen LogP) is 3.32. The fraction of sp³-hybridized carbons (Fsp3) is 0.667. The lowest BCUT2D eigenvalue weighted by atomic mass is 9.59. The van der Waals surface area contributed by atoms with Gasteiger partial charge < -0.3 is 10.2 Å². The first kappa shape index (κ1) is 14.2. The van der Waals surface area contributed by atoms with Gasteiger partial charge in [0.15, 0.2) is 0 Å². The molecule has 2 heterocycles. The molecule has 0 aliphatic heterocycles. The van der Waals surface area contributed by atoms with E-state index in [0.717, 1.165) is 23.7 Å². The zero-order valence-electron chi connectivity index (χ0n) is 13.9. The molecular formula is C18H24N4S. The molecular weight excluding hydrogens is 304 g/mol. The Morgan fingerprint density at radius 3 is 2.74 bits per heavy atom. The Kier molecular flexibility index (Phi) is 3.17. The Bertz CT molecular complexity index is 741. The van der Waals surface area contributed by atoms with Gasteiger partial charge in [0.2, 0.25) is 0 Å². The highest BCUT2D eigenvalue weighted by Gasteiger charge is 2.48. The maximum absolute atomic E-state index is 4.63. The second kappa shape index (κ2) is 5.15. The van der Waals surface area contributed by atoms with E-state index in [1.807, 2.05) is 11.3 Å². The molecule has 2 aromatic heterocycles. The van der Waals surface area contributed by atoms with Gasteiger partial charge in [0.05, 0.1) is 5.39 Å². The van der Waals surface area contributed by atoms with Crippen LogP contribution in [0, 0.1) is 11.8 Å². The normalized spacial score (nSPS) is 32.1. The van der Waals surface area contributed by atoms with Gasteiger partial charge in [-0.3, -0.25) is 0 Å². The lowest BCUT2D eigenvalue weighted by Gasteiger charge is -2.54. The third kappa shape index (κ3) is 2.13. The van der Waals surface area contributed by atoms with Crippen LogP contribution in [-0.2, 0) is 12.8 Å². The van der Waals surface area contributed by atoms with Crippen LogP contribution in [0.3, 0.4) is 0 Å². The average Bonchev–Trinajstić information content (AvgIpc) is 3.13. The third-order valence-electron chi connectivity index (χ3n) is 6.31. The number of aromatic nitrogens is 2. The molecule has 4 nitrogen and oxygen atoms in total. The molecule has 0 amide bonds. The van der Waals surface area contributed by atoms with E-state index in [4.69, 9.17) is 0 Å². The summed E-state index contributed by atoms with van der Waals surface area (Å²) in [7, 11) is 4.45. The minimum absolute atomic E-state index is 0.626. The molecule has 4 aliphatic carbocycles. The number of hydrogen-bond donors (Lipinski definition) is 1. The maximum Gasteiger partial charge on any atom is 0.138 e. The van der Waals surface area contributed by atoms with Crippen LogP contribution in [0.1, 0.15) is 36.1 Å². The molecule has 4 atom stereocenters. The third-order valence-corrected chi connectivity index (χ3v) is 7.51. The zero-order valence-corrected chi connectivity index (χ0v) is 14.7. The molecule has 5 heteroatoms. The fourth-order valence-corrected chi connectivity index (χ4v) is 6.23. The van der Waals surface area contributed by atoms with Crippen molar-refractivity contribution in [3.05, 3.63) is 16.8 Å². The van der Waals surface area contributed by atoms with E-state index in [1.54, 1.807) is 11.2 Å². The Labute approximate surface area is 141 Å². The number of nitrogens with one attached hydrogen (secondary N) is 1. The summed E-state index contributed by atoms with van der Waals surface area (Å²) in [4.78, 5) is 14.3. The van der Waals surface area contributed by atoms with E-state index in [2.05, 4.69) is 34.3 Å². The minimum atomic E-state index is 0.626. The number of nitrogens with zero attached hydrogens (tertiary/aromatic N) is 3. The quantitative estimate of drug-likeness (QED) is 0.938. The molecule has 0 radical (unpaired) electrons. The number of hydrogen-bond acceptors (Lipinski definition) is 5. The summed E-state index contributed by atoms with van der Waals surface area (Å²) in [6.07, 6.45) is 9.54. The average molecular weight is 328 g/mol. The van der Waals surface area contributed by atoms with Crippen LogP contribution < -0.4 is 5.32 Å². The Morgan fingerprint density at radius 1 is 1.13 bits per heavy atom. The molecule has 0 saturated heterocycles. The fourth-order valence-electron chi connectivity index (χ4n) is 5.01. The van der Waals surface area contributed by atoms with E-state index < -0.39 is 0 Å².